The van der Waals surface area contributed by atoms with Crippen molar-refractivity contribution in [3.8, 4) is 0 Å². The lowest BCUT2D eigenvalue weighted by Gasteiger charge is -2.29. The van der Waals surface area contributed by atoms with Crippen LogP contribution >= 0.6 is 0 Å². The number of quaternary nitrogens is 1. The summed E-state index contributed by atoms with van der Waals surface area (Å²) in [5.74, 6) is -1.48. The largest absolute Gasteiger partial charge is 0.550 e. The smallest absolute Gasteiger partial charge is 0.306 e. The first kappa shape index (κ1) is 28.6. The van der Waals surface area contributed by atoms with Gasteiger partial charge in [0.15, 0.2) is 6.10 Å². The molecule has 0 aliphatic carbocycles. The van der Waals surface area contributed by atoms with E-state index in [2.05, 4.69) is 19.1 Å². The zero-order valence-electron chi connectivity index (χ0n) is 20.1. The Morgan fingerprint density at radius 2 is 1.33 bits per heavy atom. The molecule has 5 heteroatoms. The molecule has 0 bridgehead atoms. The van der Waals surface area contributed by atoms with Crippen molar-refractivity contribution in [1.82, 2.24) is 0 Å². The average Bonchev–Trinajstić information content (AvgIpc) is 2.63. The van der Waals surface area contributed by atoms with Crippen LogP contribution < -0.4 is 5.11 Å². The van der Waals surface area contributed by atoms with Gasteiger partial charge in [-0.2, -0.15) is 0 Å². The molecule has 176 valence electrons. The number of carboxylic acids is 1. The first-order valence-corrected chi connectivity index (χ1v) is 12.1. The van der Waals surface area contributed by atoms with Gasteiger partial charge in [-0.3, -0.25) is 4.79 Å². The van der Waals surface area contributed by atoms with Crippen molar-refractivity contribution in [1.29, 1.82) is 0 Å². The van der Waals surface area contributed by atoms with Crippen molar-refractivity contribution in [3.05, 3.63) is 12.2 Å². The van der Waals surface area contributed by atoms with Gasteiger partial charge in [0.25, 0.3) is 0 Å². The monoisotopic (exact) mass is 425 g/mol. The SMILES string of the molecule is CCCCCCCC/C=C\CCCCCCCC(=O)O[C@H](CC(=O)[O-])C[N+](C)(C)C. The van der Waals surface area contributed by atoms with Crippen molar-refractivity contribution in [2.45, 2.75) is 109 Å². The predicted octanol–water partition coefficient (Wildman–Crippen LogP) is 4.78. The Morgan fingerprint density at radius 1 is 0.833 bits per heavy atom. The highest BCUT2D eigenvalue weighted by Gasteiger charge is 2.22. The number of carbonyl (C=O) groups excluding carboxylic acids is 2. The standard InChI is InChI=1S/C25H47NO4/c1-5-6-7-8-9-10-11-12-13-14-15-16-17-18-19-20-25(29)30-23(21-24(27)28)22-26(2,3)4/h12-13,23H,5-11,14-22H2,1-4H3/b13-12-/t23-/m1/s1. The number of hydrogen-bond acceptors (Lipinski definition) is 4. The lowest BCUT2D eigenvalue weighted by molar-refractivity contribution is -0.873. The van der Waals surface area contributed by atoms with Crippen LogP contribution in [0.25, 0.3) is 0 Å². The second-order valence-corrected chi connectivity index (χ2v) is 9.50. The number of unbranched alkanes of at least 4 members (excludes halogenated alkanes) is 11. The Labute approximate surface area is 185 Å². The lowest BCUT2D eigenvalue weighted by atomic mass is 10.1. The van der Waals surface area contributed by atoms with E-state index in [1.807, 2.05) is 21.1 Å². The highest BCUT2D eigenvalue weighted by atomic mass is 16.5. The van der Waals surface area contributed by atoms with Gasteiger partial charge in [0.2, 0.25) is 0 Å². The lowest BCUT2D eigenvalue weighted by Crippen LogP contribution is -2.45. The first-order valence-electron chi connectivity index (χ1n) is 12.1. The van der Waals surface area contributed by atoms with E-state index in [0.29, 0.717) is 17.4 Å². The maximum Gasteiger partial charge on any atom is 0.306 e. The molecule has 0 aliphatic rings. The van der Waals surface area contributed by atoms with E-state index in [1.165, 1.54) is 57.8 Å². The van der Waals surface area contributed by atoms with Crippen LogP contribution in [0.3, 0.4) is 0 Å². The Kier molecular flexibility index (Phi) is 17.6. The number of hydrogen-bond donors (Lipinski definition) is 0. The Balaban J connectivity index is 3.65. The van der Waals surface area contributed by atoms with Gasteiger partial charge < -0.3 is 19.1 Å². The molecule has 0 unspecified atom stereocenters. The molecule has 0 rings (SSSR count). The van der Waals surface area contributed by atoms with E-state index in [-0.39, 0.29) is 12.4 Å². The molecule has 5 nitrogen and oxygen atoms in total. The summed E-state index contributed by atoms with van der Waals surface area (Å²) in [6.45, 7) is 2.72. The molecule has 0 aliphatic heterocycles. The van der Waals surface area contributed by atoms with E-state index in [1.54, 1.807) is 0 Å². The molecular weight excluding hydrogens is 378 g/mol. The van der Waals surface area contributed by atoms with Gasteiger partial charge in [-0.1, -0.05) is 70.4 Å². The topological polar surface area (TPSA) is 66.4 Å². The van der Waals surface area contributed by atoms with Gasteiger partial charge in [-0.25, -0.2) is 0 Å². The van der Waals surface area contributed by atoms with Gasteiger partial charge in [0, 0.05) is 18.8 Å². The molecule has 30 heavy (non-hydrogen) atoms. The fraction of sp³-hybridized carbons (Fsp3) is 0.840. The van der Waals surface area contributed by atoms with Crippen molar-refractivity contribution in [3.63, 3.8) is 0 Å². The second kappa shape index (κ2) is 18.4. The Bertz CT molecular complexity index is 468. The average molecular weight is 426 g/mol. The van der Waals surface area contributed by atoms with E-state index >= 15 is 0 Å². The fourth-order valence-corrected chi connectivity index (χ4v) is 3.53. The number of ether oxygens (including phenoxy) is 1. The maximum atomic E-state index is 12.0. The molecule has 0 saturated heterocycles. The van der Waals surface area contributed by atoms with Crippen LogP contribution in [0, 0.1) is 0 Å². The molecule has 0 aromatic heterocycles. The van der Waals surface area contributed by atoms with Gasteiger partial charge in [0.05, 0.1) is 21.1 Å². The highest BCUT2D eigenvalue weighted by Crippen LogP contribution is 2.12. The zero-order chi connectivity index (χ0) is 22.7. The molecule has 0 aromatic carbocycles. The predicted molar refractivity (Wildman–Crippen MR) is 122 cm³/mol. The summed E-state index contributed by atoms with van der Waals surface area (Å²) >= 11 is 0. The van der Waals surface area contributed by atoms with Gasteiger partial charge in [-0.15, -0.1) is 0 Å². The Morgan fingerprint density at radius 3 is 1.83 bits per heavy atom. The molecule has 0 spiro atoms. The fourth-order valence-electron chi connectivity index (χ4n) is 3.53. The molecule has 0 fully saturated rings. The summed E-state index contributed by atoms with van der Waals surface area (Å²) in [4.78, 5) is 22.9. The third-order valence-corrected chi connectivity index (χ3v) is 5.09. The van der Waals surface area contributed by atoms with Crippen LogP contribution in [0.15, 0.2) is 12.2 Å². The van der Waals surface area contributed by atoms with Crippen molar-refractivity contribution >= 4 is 11.9 Å². The number of allylic oxidation sites excluding steroid dienone is 2. The number of esters is 1. The number of nitrogens with zero attached hydrogens (tertiary/aromatic N) is 1. The molecule has 0 saturated carbocycles. The van der Waals surface area contributed by atoms with E-state index in [4.69, 9.17) is 4.74 Å². The summed E-state index contributed by atoms with van der Waals surface area (Å²) in [6, 6.07) is 0. The van der Waals surface area contributed by atoms with Gasteiger partial charge in [0.1, 0.15) is 6.54 Å². The summed E-state index contributed by atoms with van der Waals surface area (Å²) in [7, 11) is 5.83. The van der Waals surface area contributed by atoms with Crippen molar-refractivity contribution < 1.29 is 23.9 Å². The summed E-state index contributed by atoms with van der Waals surface area (Å²) in [5.41, 5.74) is 0. The minimum atomic E-state index is -1.18. The third-order valence-electron chi connectivity index (χ3n) is 5.09. The molecular formula is C25H47NO4. The van der Waals surface area contributed by atoms with E-state index in [9.17, 15) is 14.7 Å². The van der Waals surface area contributed by atoms with Crippen molar-refractivity contribution in [2.24, 2.45) is 0 Å². The minimum Gasteiger partial charge on any atom is -0.550 e. The summed E-state index contributed by atoms with van der Waals surface area (Å²) < 4.78 is 5.91. The van der Waals surface area contributed by atoms with Crippen LogP contribution in [0.2, 0.25) is 0 Å². The number of aliphatic carboxylic acids is 1. The van der Waals surface area contributed by atoms with Crippen molar-refractivity contribution in [2.75, 3.05) is 27.7 Å². The van der Waals surface area contributed by atoms with Crippen LogP contribution in [0.5, 0.6) is 0 Å². The first-order chi connectivity index (χ1) is 14.2. The van der Waals surface area contributed by atoms with Gasteiger partial charge >= 0.3 is 5.97 Å². The summed E-state index contributed by atoms with van der Waals surface area (Å²) in [6.07, 6.45) is 19.9. The van der Waals surface area contributed by atoms with Crippen LogP contribution in [-0.2, 0) is 14.3 Å². The van der Waals surface area contributed by atoms with Crippen LogP contribution in [0.4, 0.5) is 0 Å². The van der Waals surface area contributed by atoms with Crippen LogP contribution in [0.1, 0.15) is 103 Å². The number of rotatable bonds is 20. The molecule has 0 aromatic rings. The van der Waals surface area contributed by atoms with E-state index < -0.39 is 12.1 Å². The maximum absolute atomic E-state index is 12.0. The molecule has 0 radical (unpaired) electrons. The van der Waals surface area contributed by atoms with E-state index in [0.717, 1.165) is 25.7 Å². The molecule has 0 heterocycles. The molecule has 0 amide bonds. The Hall–Kier alpha value is -1.36. The second-order valence-electron chi connectivity index (χ2n) is 9.50. The molecule has 0 N–H and O–H groups in total. The van der Waals surface area contributed by atoms with Crippen LogP contribution in [-0.4, -0.2) is 50.2 Å². The minimum absolute atomic E-state index is 0.242. The van der Waals surface area contributed by atoms with Gasteiger partial charge in [-0.05, 0) is 32.1 Å². The quantitative estimate of drug-likeness (QED) is 0.122. The number of carbonyl (C=O) groups is 2. The number of carboxylic acid groups (broad SMARTS) is 1. The number of likely N-dealkylation sites (N-methyl/N-ethyl adjacent to an activating group) is 1. The zero-order valence-corrected chi connectivity index (χ0v) is 20.1. The summed E-state index contributed by atoms with van der Waals surface area (Å²) in [5, 5.41) is 10.9. The third kappa shape index (κ3) is 21.4. The molecule has 1 atom stereocenters. The highest BCUT2D eigenvalue weighted by molar-refractivity contribution is 5.70. The normalized spacial score (nSPS) is 12.9.